The Kier molecular flexibility index (Phi) is 5.36. The van der Waals surface area contributed by atoms with E-state index in [4.69, 9.17) is 4.74 Å². The highest BCUT2D eigenvalue weighted by Gasteiger charge is 2.33. The lowest BCUT2D eigenvalue weighted by atomic mass is 10.2. The van der Waals surface area contributed by atoms with Gasteiger partial charge in [-0.25, -0.2) is 8.42 Å². The molecule has 0 saturated carbocycles. The number of anilines is 2. The van der Waals surface area contributed by atoms with Crippen LogP contribution in [-0.4, -0.2) is 55.9 Å². The molecule has 1 unspecified atom stereocenters. The van der Waals surface area contributed by atoms with Crippen molar-refractivity contribution in [3.05, 3.63) is 47.8 Å². The molecule has 1 fully saturated rings. The van der Waals surface area contributed by atoms with Crippen LogP contribution in [-0.2, 0) is 9.84 Å². The second-order valence-corrected chi connectivity index (χ2v) is 8.96. The summed E-state index contributed by atoms with van der Waals surface area (Å²) in [5, 5.41) is 3.25. The highest BCUT2D eigenvalue weighted by Crippen LogP contribution is 2.29. The summed E-state index contributed by atoms with van der Waals surface area (Å²) < 4.78 is 28.7. The van der Waals surface area contributed by atoms with Crippen molar-refractivity contribution in [1.82, 2.24) is 9.88 Å². The molecule has 0 spiro atoms. The van der Waals surface area contributed by atoms with Crippen LogP contribution >= 0.6 is 0 Å². The summed E-state index contributed by atoms with van der Waals surface area (Å²) >= 11 is 0. The van der Waals surface area contributed by atoms with Crippen LogP contribution in [0.15, 0.2) is 36.5 Å². The van der Waals surface area contributed by atoms with Crippen LogP contribution in [0.1, 0.15) is 22.5 Å². The molecule has 7 nitrogen and oxygen atoms in total. The predicted octanol–water partition coefficient (Wildman–Crippen LogP) is 2.40. The average molecular weight is 389 g/mol. The number of nitrogens with zero attached hydrogens (tertiary/aromatic N) is 2. The number of nitrogens with one attached hydrogen (secondary N) is 1. The number of benzene rings is 1. The lowest BCUT2D eigenvalue weighted by Crippen LogP contribution is -2.38. The Labute approximate surface area is 159 Å². The van der Waals surface area contributed by atoms with Crippen LogP contribution in [0.3, 0.4) is 0 Å². The van der Waals surface area contributed by atoms with Gasteiger partial charge in [0.15, 0.2) is 9.84 Å². The number of aromatic nitrogens is 1. The van der Waals surface area contributed by atoms with E-state index in [9.17, 15) is 13.2 Å². The molecule has 27 heavy (non-hydrogen) atoms. The Bertz CT molecular complexity index is 959. The molecule has 144 valence electrons. The number of amides is 1. The fourth-order valence-electron chi connectivity index (χ4n) is 3.13. The molecule has 1 atom stereocenters. The third-order valence-electron chi connectivity index (χ3n) is 4.69. The first-order chi connectivity index (χ1) is 12.8. The molecule has 0 bridgehead atoms. The fraction of sp³-hybridized carbons (Fsp3) is 0.368. The summed E-state index contributed by atoms with van der Waals surface area (Å²) in [6.45, 7) is 1.98. The topological polar surface area (TPSA) is 88.6 Å². The van der Waals surface area contributed by atoms with Crippen molar-refractivity contribution in [2.45, 2.75) is 19.4 Å². The standard InChI is InChI=1S/C19H23N3O4S/c1-13-4-5-18(26-3)16(10-13)21-14-6-8-20-17(11-14)19(23)22(2)15-7-9-27(24,25)12-15/h4-6,8,10-11,15H,7,9,12H2,1-3H3,(H,20,21). The zero-order valence-corrected chi connectivity index (χ0v) is 16.4. The van der Waals surface area contributed by atoms with Crippen molar-refractivity contribution in [2.24, 2.45) is 0 Å². The third kappa shape index (κ3) is 4.39. The number of ether oxygens (including phenoxy) is 1. The lowest BCUT2D eigenvalue weighted by Gasteiger charge is -2.23. The Morgan fingerprint density at radius 3 is 2.74 bits per heavy atom. The predicted molar refractivity (Wildman–Crippen MR) is 104 cm³/mol. The van der Waals surface area contributed by atoms with Crippen molar-refractivity contribution < 1.29 is 17.9 Å². The van der Waals surface area contributed by atoms with Crippen molar-refractivity contribution in [3.63, 3.8) is 0 Å². The Morgan fingerprint density at radius 1 is 1.30 bits per heavy atom. The van der Waals surface area contributed by atoms with Crippen LogP contribution in [0.2, 0.25) is 0 Å². The Morgan fingerprint density at radius 2 is 2.07 bits per heavy atom. The number of carbonyl (C=O) groups excluding carboxylic acids is 1. The normalized spacial score (nSPS) is 18.1. The van der Waals surface area contributed by atoms with E-state index in [2.05, 4.69) is 10.3 Å². The van der Waals surface area contributed by atoms with Crippen LogP contribution in [0, 0.1) is 6.92 Å². The number of carbonyl (C=O) groups is 1. The van der Waals surface area contributed by atoms with Gasteiger partial charge in [0.25, 0.3) is 5.91 Å². The van der Waals surface area contributed by atoms with E-state index >= 15 is 0 Å². The van der Waals surface area contributed by atoms with Crippen LogP contribution in [0.5, 0.6) is 5.75 Å². The zero-order valence-electron chi connectivity index (χ0n) is 15.6. The van der Waals surface area contributed by atoms with Crippen LogP contribution in [0.4, 0.5) is 11.4 Å². The molecule has 1 saturated heterocycles. The first-order valence-electron chi connectivity index (χ1n) is 8.64. The average Bonchev–Trinajstić information content (AvgIpc) is 3.01. The maximum atomic E-state index is 12.7. The molecule has 1 N–H and O–H groups in total. The second-order valence-electron chi connectivity index (χ2n) is 6.73. The van der Waals surface area contributed by atoms with Gasteiger partial charge in [-0.3, -0.25) is 9.78 Å². The number of methoxy groups -OCH3 is 1. The summed E-state index contributed by atoms with van der Waals surface area (Å²) in [6.07, 6.45) is 2.01. The van der Waals surface area contributed by atoms with Crippen molar-refractivity contribution in [1.29, 1.82) is 0 Å². The zero-order chi connectivity index (χ0) is 19.6. The first-order valence-corrected chi connectivity index (χ1v) is 10.5. The smallest absolute Gasteiger partial charge is 0.272 e. The van der Waals surface area contributed by atoms with Gasteiger partial charge in [-0.2, -0.15) is 0 Å². The van der Waals surface area contributed by atoms with Crippen molar-refractivity contribution in [2.75, 3.05) is 31.0 Å². The summed E-state index contributed by atoms with van der Waals surface area (Å²) in [6, 6.07) is 8.90. The molecule has 8 heteroatoms. The molecule has 0 radical (unpaired) electrons. The van der Waals surface area contributed by atoms with Crippen LogP contribution in [0.25, 0.3) is 0 Å². The van der Waals surface area contributed by atoms with Crippen molar-refractivity contribution >= 4 is 27.1 Å². The molecule has 3 rings (SSSR count). The van der Waals surface area contributed by atoms with E-state index in [1.165, 1.54) is 4.90 Å². The van der Waals surface area contributed by atoms with Gasteiger partial charge in [0, 0.05) is 25.0 Å². The fourth-order valence-corrected chi connectivity index (χ4v) is 4.90. The van der Waals surface area contributed by atoms with E-state index in [1.807, 2.05) is 25.1 Å². The van der Waals surface area contributed by atoms with Gasteiger partial charge in [0.05, 0.1) is 24.3 Å². The van der Waals surface area contributed by atoms with Gasteiger partial charge in [-0.05, 0) is 43.2 Å². The van der Waals surface area contributed by atoms with E-state index in [1.54, 1.807) is 32.5 Å². The number of sulfone groups is 1. The number of aryl methyl sites for hydroxylation is 1. The maximum Gasteiger partial charge on any atom is 0.272 e. The summed E-state index contributed by atoms with van der Waals surface area (Å²) in [5.41, 5.74) is 2.83. The quantitative estimate of drug-likeness (QED) is 0.845. The molecular weight excluding hydrogens is 366 g/mol. The maximum absolute atomic E-state index is 12.7. The third-order valence-corrected chi connectivity index (χ3v) is 6.44. The monoisotopic (exact) mass is 389 g/mol. The molecule has 2 aromatic rings. The molecular formula is C19H23N3O4S. The van der Waals surface area contributed by atoms with Gasteiger partial charge in [0.1, 0.15) is 11.4 Å². The van der Waals surface area contributed by atoms with Gasteiger partial charge in [-0.1, -0.05) is 6.07 Å². The van der Waals surface area contributed by atoms with E-state index in [0.717, 1.165) is 11.3 Å². The summed E-state index contributed by atoms with van der Waals surface area (Å²) in [4.78, 5) is 18.4. The van der Waals surface area contributed by atoms with Gasteiger partial charge >= 0.3 is 0 Å². The van der Waals surface area contributed by atoms with Gasteiger partial charge in [-0.15, -0.1) is 0 Å². The largest absolute Gasteiger partial charge is 0.495 e. The van der Waals surface area contributed by atoms with E-state index in [-0.39, 0.29) is 29.1 Å². The summed E-state index contributed by atoms with van der Waals surface area (Å²) in [5.74, 6) is 0.529. The lowest BCUT2D eigenvalue weighted by molar-refractivity contribution is 0.0742. The number of rotatable bonds is 5. The molecule has 1 aromatic carbocycles. The SMILES string of the molecule is COc1ccc(C)cc1Nc1ccnc(C(=O)N(C)C2CCS(=O)(=O)C2)c1. The Hall–Kier alpha value is -2.61. The molecule has 0 aliphatic carbocycles. The van der Waals surface area contributed by atoms with Crippen LogP contribution < -0.4 is 10.1 Å². The second kappa shape index (κ2) is 7.56. The molecule has 1 aliphatic rings. The van der Waals surface area contributed by atoms with E-state index in [0.29, 0.717) is 17.9 Å². The highest BCUT2D eigenvalue weighted by atomic mass is 32.2. The molecule has 2 heterocycles. The first kappa shape index (κ1) is 19.2. The number of pyridine rings is 1. The van der Waals surface area contributed by atoms with Gasteiger partial charge in [0.2, 0.25) is 0 Å². The molecule has 1 amide bonds. The Balaban J connectivity index is 1.79. The van der Waals surface area contributed by atoms with Crippen molar-refractivity contribution in [3.8, 4) is 5.75 Å². The number of hydrogen-bond acceptors (Lipinski definition) is 6. The molecule has 1 aromatic heterocycles. The minimum Gasteiger partial charge on any atom is -0.495 e. The highest BCUT2D eigenvalue weighted by molar-refractivity contribution is 7.91. The van der Waals surface area contributed by atoms with Gasteiger partial charge < -0.3 is 15.0 Å². The molecule has 1 aliphatic heterocycles. The minimum atomic E-state index is -3.06. The number of hydrogen-bond donors (Lipinski definition) is 1. The van der Waals surface area contributed by atoms with E-state index < -0.39 is 9.84 Å². The summed E-state index contributed by atoms with van der Waals surface area (Å²) in [7, 11) is 0.166. The minimum absolute atomic E-state index is 0.00761.